The molecule has 1 N–H and O–H groups in total. The van der Waals surface area contributed by atoms with E-state index in [1.165, 1.54) is 0 Å². The van der Waals surface area contributed by atoms with Gasteiger partial charge in [-0.05, 0) is 0 Å². The molecule has 0 bridgehead atoms. The van der Waals surface area contributed by atoms with Crippen LogP contribution in [-0.2, 0) is 4.79 Å². The summed E-state index contributed by atoms with van der Waals surface area (Å²) >= 11 is 0. The summed E-state index contributed by atoms with van der Waals surface area (Å²) in [6.45, 7) is 3.45. The fourth-order valence-electron chi connectivity index (χ4n) is 0.382. The van der Waals surface area contributed by atoms with Crippen LogP contribution in [0.15, 0.2) is 12.2 Å². The Hall–Kier alpha value is -1.44. The summed E-state index contributed by atoms with van der Waals surface area (Å²) in [7, 11) is 0. The lowest BCUT2D eigenvalue weighted by atomic mass is 10.3. The lowest BCUT2D eigenvalue weighted by Crippen LogP contribution is -2.38. The van der Waals surface area contributed by atoms with E-state index in [9.17, 15) is 13.6 Å². The second kappa shape index (κ2) is 3.81. The average Bonchev–Trinajstić information content (AvgIpc) is 1.97. The van der Waals surface area contributed by atoms with Crippen LogP contribution in [0, 0.1) is 11.3 Å². The lowest BCUT2D eigenvalue weighted by molar-refractivity contribution is -0.142. The van der Waals surface area contributed by atoms with Gasteiger partial charge in [-0.3, -0.25) is 4.79 Å². The van der Waals surface area contributed by atoms with E-state index in [2.05, 4.69) is 6.58 Å². The predicted molar refractivity (Wildman–Crippen MR) is 38.4 cm³/mol. The third kappa shape index (κ3) is 3.66. The van der Waals surface area contributed by atoms with Gasteiger partial charge in [0.2, 0.25) is 0 Å². The van der Waals surface area contributed by atoms with Crippen LogP contribution in [0.5, 0.6) is 0 Å². The van der Waals surface area contributed by atoms with Crippen LogP contribution in [0.1, 0.15) is 6.92 Å². The molecule has 66 valence electrons. The van der Waals surface area contributed by atoms with Gasteiger partial charge in [0.1, 0.15) is 0 Å². The second-order valence-corrected chi connectivity index (χ2v) is 2.29. The number of carbonyl (C=O) groups excluding carboxylic acids is 1. The van der Waals surface area contributed by atoms with Crippen molar-refractivity contribution in [2.24, 2.45) is 0 Å². The SMILES string of the molecule is C=C(C#N)CNC(=O)C(C)(F)F. The lowest BCUT2D eigenvalue weighted by Gasteiger charge is -2.09. The summed E-state index contributed by atoms with van der Waals surface area (Å²) in [5, 5.41) is 10.0. The molecule has 3 nitrogen and oxygen atoms in total. The molecule has 0 atom stereocenters. The molecule has 0 fully saturated rings. The summed E-state index contributed by atoms with van der Waals surface area (Å²) in [5.41, 5.74) is 0.0348. The number of rotatable bonds is 3. The molecule has 0 aliphatic heterocycles. The van der Waals surface area contributed by atoms with Crippen LogP contribution in [0.2, 0.25) is 0 Å². The number of amides is 1. The molecule has 0 heterocycles. The molecule has 0 unspecified atom stereocenters. The summed E-state index contributed by atoms with van der Waals surface area (Å²) < 4.78 is 24.3. The van der Waals surface area contributed by atoms with Gasteiger partial charge in [-0.25, -0.2) is 0 Å². The molecule has 0 aliphatic carbocycles. The Labute approximate surface area is 68.7 Å². The van der Waals surface area contributed by atoms with Crippen LogP contribution >= 0.6 is 0 Å². The van der Waals surface area contributed by atoms with Gasteiger partial charge >= 0.3 is 5.92 Å². The number of alkyl halides is 2. The van der Waals surface area contributed by atoms with E-state index in [0.29, 0.717) is 6.92 Å². The summed E-state index contributed by atoms with van der Waals surface area (Å²) in [6.07, 6.45) is 0. The topological polar surface area (TPSA) is 52.9 Å². The molecule has 0 aromatic heterocycles. The Balaban J connectivity index is 3.91. The van der Waals surface area contributed by atoms with Gasteiger partial charge in [0.25, 0.3) is 5.91 Å². The fraction of sp³-hybridized carbons (Fsp3) is 0.429. The quantitative estimate of drug-likeness (QED) is 0.644. The molecule has 0 radical (unpaired) electrons. The number of nitrogens with zero attached hydrogens (tertiary/aromatic N) is 1. The minimum Gasteiger partial charge on any atom is -0.346 e. The maximum Gasteiger partial charge on any atom is 0.321 e. The molecular formula is C7H8F2N2O. The maximum atomic E-state index is 12.1. The maximum absolute atomic E-state index is 12.1. The zero-order chi connectivity index (χ0) is 9.78. The van der Waals surface area contributed by atoms with E-state index in [4.69, 9.17) is 5.26 Å². The minimum atomic E-state index is -3.41. The molecule has 1 amide bonds. The van der Waals surface area contributed by atoms with Gasteiger partial charge in [-0.1, -0.05) is 6.58 Å². The highest BCUT2D eigenvalue weighted by molar-refractivity contribution is 5.83. The van der Waals surface area contributed by atoms with Crippen molar-refractivity contribution in [1.82, 2.24) is 5.32 Å². The highest BCUT2D eigenvalue weighted by Gasteiger charge is 2.31. The molecular weight excluding hydrogens is 166 g/mol. The Morgan fingerprint density at radius 3 is 2.58 bits per heavy atom. The monoisotopic (exact) mass is 174 g/mol. The molecule has 0 aliphatic rings. The molecule has 0 spiro atoms. The highest BCUT2D eigenvalue weighted by atomic mass is 19.3. The summed E-state index contributed by atoms with van der Waals surface area (Å²) in [4.78, 5) is 10.5. The minimum absolute atomic E-state index is 0.0348. The number of carbonyl (C=O) groups is 1. The van der Waals surface area contributed by atoms with Crippen LogP contribution in [0.25, 0.3) is 0 Å². The molecule has 12 heavy (non-hydrogen) atoms. The fourth-order valence-corrected chi connectivity index (χ4v) is 0.382. The van der Waals surface area contributed by atoms with E-state index in [0.717, 1.165) is 0 Å². The van der Waals surface area contributed by atoms with Gasteiger partial charge in [0.05, 0.1) is 12.6 Å². The zero-order valence-corrected chi connectivity index (χ0v) is 6.53. The Morgan fingerprint density at radius 2 is 2.25 bits per heavy atom. The first-order valence-electron chi connectivity index (χ1n) is 3.12. The Bertz CT molecular complexity index is 237. The van der Waals surface area contributed by atoms with E-state index < -0.39 is 11.8 Å². The first-order valence-corrected chi connectivity index (χ1v) is 3.12. The Morgan fingerprint density at radius 1 is 1.75 bits per heavy atom. The molecule has 0 saturated heterocycles. The number of hydrogen-bond acceptors (Lipinski definition) is 2. The molecule has 0 saturated carbocycles. The number of nitriles is 1. The Kier molecular flexibility index (Phi) is 3.35. The number of hydrogen-bond donors (Lipinski definition) is 1. The van der Waals surface area contributed by atoms with Crippen LogP contribution in [0.4, 0.5) is 8.78 Å². The summed E-state index contributed by atoms with van der Waals surface area (Å²) in [5.74, 6) is -4.81. The van der Waals surface area contributed by atoms with E-state index >= 15 is 0 Å². The molecule has 0 rings (SSSR count). The van der Waals surface area contributed by atoms with Crippen molar-refractivity contribution in [3.63, 3.8) is 0 Å². The highest BCUT2D eigenvalue weighted by Crippen LogP contribution is 2.10. The smallest absolute Gasteiger partial charge is 0.321 e. The zero-order valence-electron chi connectivity index (χ0n) is 6.53. The van der Waals surface area contributed by atoms with E-state index in [-0.39, 0.29) is 12.1 Å². The van der Waals surface area contributed by atoms with Gasteiger partial charge in [0.15, 0.2) is 0 Å². The largest absolute Gasteiger partial charge is 0.346 e. The van der Waals surface area contributed by atoms with Gasteiger partial charge in [-0.2, -0.15) is 14.0 Å². The van der Waals surface area contributed by atoms with Crippen molar-refractivity contribution in [2.45, 2.75) is 12.8 Å². The van der Waals surface area contributed by atoms with Gasteiger partial charge in [-0.15, -0.1) is 0 Å². The van der Waals surface area contributed by atoms with Gasteiger partial charge < -0.3 is 5.32 Å². The first-order chi connectivity index (χ1) is 5.38. The van der Waals surface area contributed by atoms with Crippen molar-refractivity contribution in [3.05, 3.63) is 12.2 Å². The third-order valence-corrected chi connectivity index (χ3v) is 1.02. The normalized spacial score (nSPS) is 10.2. The third-order valence-electron chi connectivity index (χ3n) is 1.02. The van der Waals surface area contributed by atoms with Crippen molar-refractivity contribution >= 4 is 5.91 Å². The molecule has 5 heteroatoms. The van der Waals surface area contributed by atoms with Crippen molar-refractivity contribution < 1.29 is 13.6 Å². The van der Waals surface area contributed by atoms with Crippen molar-refractivity contribution in [1.29, 1.82) is 5.26 Å². The summed E-state index contributed by atoms with van der Waals surface area (Å²) in [6, 6.07) is 1.62. The van der Waals surface area contributed by atoms with Crippen molar-refractivity contribution in [3.8, 4) is 6.07 Å². The van der Waals surface area contributed by atoms with Crippen LogP contribution in [0.3, 0.4) is 0 Å². The first kappa shape index (κ1) is 10.6. The number of halogens is 2. The number of nitrogens with one attached hydrogen (secondary N) is 1. The predicted octanol–water partition coefficient (Wildman–Crippen LogP) is 0.838. The van der Waals surface area contributed by atoms with Crippen LogP contribution in [-0.4, -0.2) is 18.4 Å². The average molecular weight is 174 g/mol. The van der Waals surface area contributed by atoms with Crippen molar-refractivity contribution in [2.75, 3.05) is 6.54 Å². The standard InChI is InChI=1S/C7H8F2N2O/c1-5(3-10)4-11-6(12)7(2,8)9/h1,4H2,2H3,(H,11,12). The van der Waals surface area contributed by atoms with Crippen LogP contribution < -0.4 is 5.32 Å². The van der Waals surface area contributed by atoms with Gasteiger partial charge in [0, 0.05) is 12.5 Å². The van der Waals surface area contributed by atoms with E-state index in [1.54, 1.807) is 6.07 Å². The molecule has 0 aromatic rings. The molecule has 0 aromatic carbocycles. The second-order valence-electron chi connectivity index (χ2n) is 2.29. The van der Waals surface area contributed by atoms with E-state index in [1.807, 2.05) is 5.32 Å².